The van der Waals surface area contributed by atoms with Crippen molar-refractivity contribution in [2.24, 2.45) is 0 Å². The zero-order valence-corrected chi connectivity index (χ0v) is 13.8. The Bertz CT molecular complexity index is 635. The lowest BCUT2D eigenvalue weighted by Gasteiger charge is -2.32. The number of hydrogen-bond donors (Lipinski definition) is 1. The summed E-state index contributed by atoms with van der Waals surface area (Å²) in [7, 11) is 1.83. The van der Waals surface area contributed by atoms with E-state index in [1.54, 1.807) is 11.1 Å². The number of aryl methyl sites for hydroxylation is 1. The Balaban J connectivity index is 1.52. The Labute approximate surface area is 136 Å². The van der Waals surface area contributed by atoms with Crippen LogP contribution < -0.4 is 0 Å². The van der Waals surface area contributed by atoms with Crippen molar-refractivity contribution in [1.29, 1.82) is 0 Å². The number of furan rings is 1. The van der Waals surface area contributed by atoms with Gasteiger partial charge in [-0.1, -0.05) is 0 Å². The van der Waals surface area contributed by atoms with E-state index in [1.165, 1.54) is 5.69 Å². The van der Waals surface area contributed by atoms with E-state index < -0.39 is 0 Å². The minimum Gasteiger partial charge on any atom is -0.464 e. The molecule has 1 saturated heterocycles. The van der Waals surface area contributed by atoms with Crippen LogP contribution in [0.3, 0.4) is 0 Å². The number of hydrogen-bond acceptors (Lipinski definition) is 4. The summed E-state index contributed by atoms with van der Waals surface area (Å²) in [5.74, 6) is 2.27. The highest BCUT2D eigenvalue weighted by molar-refractivity contribution is 5.77. The molecule has 1 fully saturated rings. The van der Waals surface area contributed by atoms with Gasteiger partial charge in [-0.25, -0.2) is 0 Å². The largest absolute Gasteiger partial charge is 0.464 e. The predicted molar refractivity (Wildman–Crippen MR) is 86.9 cm³/mol. The van der Waals surface area contributed by atoms with E-state index in [0.29, 0.717) is 19.0 Å². The fourth-order valence-electron chi connectivity index (χ4n) is 3.15. The SMILES string of the molecule is Cc1ccc(CN(C)C(=O)CN2CCC[C@@H](c3ccn[nH]3)C2)o1. The van der Waals surface area contributed by atoms with Gasteiger partial charge >= 0.3 is 0 Å². The number of piperidine rings is 1. The Morgan fingerprint density at radius 3 is 3.04 bits per heavy atom. The summed E-state index contributed by atoms with van der Waals surface area (Å²) < 4.78 is 5.54. The molecule has 0 aliphatic carbocycles. The third-order valence-electron chi connectivity index (χ3n) is 4.44. The van der Waals surface area contributed by atoms with Crippen LogP contribution in [0.15, 0.2) is 28.8 Å². The van der Waals surface area contributed by atoms with Gasteiger partial charge in [0.25, 0.3) is 0 Å². The number of aromatic nitrogens is 2. The molecule has 124 valence electrons. The average Bonchev–Trinajstić information content (AvgIpc) is 3.19. The van der Waals surface area contributed by atoms with E-state index >= 15 is 0 Å². The molecular weight excluding hydrogens is 292 g/mol. The molecule has 6 heteroatoms. The third kappa shape index (κ3) is 4.01. The molecule has 0 bridgehead atoms. The van der Waals surface area contributed by atoms with Crippen LogP contribution in [0.4, 0.5) is 0 Å². The zero-order chi connectivity index (χ0) is 16.2. The maximum Gasteiger partial charge on any atom is 0.236 e. The lowest BCUT2D eigenvalue weighted by molar-refractivity contribution is -0.132. The highest BCUT2D eigenvalue weighted by Crippen LogP contribution is 2.25. The van der Waals surface area contributed by atoms with Gasteiger partial charge in [0.1, 0.15) is 11.5 Å². The highest BCUT2D eigenvalue weighted by Gasteiger charge is 2.24. The predicted octanol–water partition coefficient (Wildman–Crippen LogP) is 2.15. The van der Waals surface area contributed by atoms with Crippen molar-refractivity contribution in [2.75, 3.05) is 26.7 Å². The van der Waals surface area contributed by atoms with Crippen LogP contribution in [0, 0.1) is 6.92 Å². The number of nitrogens with one attached hydrogen (secondary N) is 1. The summed E-state index contributed by atoms with van der Waals surface area (Å²) in [5.41, 5.74) is 1.17. The van der Waals surface area contributed by atoms with Crippen LogP contribution >= 0.6 is 0 Å². The van der Waals surface area contributed by atoms with E-state index in [1.807, 2.05) is 32.2 Å². The number of amides is 1. The summed E-state index contributed by atoms with van der Waals surface area (Å²) in [5, 5.41) is 7.09. The molecule has 3 heterocycles. The summed E-state index contributed by atoms with van der Waals surface area (Å²) in [6, 6.07) is 5.88. The smallest absolute Gasteiger partial charge is 0.236 e. The first-order valence-electron chi connectivity index (χ1n) is 8.12. The maximum atomic E-state index is 12.4. The highest BCUT2D eigenvalue weighted by atomic mass is 16.3. The topological polar surface area (TPSA) is 65.4 Å². The Morgan fingerprint density at radius 1 is 1.48 bits per heavy atom. The standard InChI is InChI=1S/C17H24N4O2/c1-13-5-6-15(23-13)11-20(2)17(22)12-21-9-3-4-14(10-21)16-7-8-18-19-16/h5-8,14H,3-4,9-12H2,1-2H3,(H,18,19)/t14-/m1/s1. The molecule has 23 heavy (non-hydrogen) atoms. The van der Waals surface area contributed by atoms with Crippen LogP contribution in [-0.2, 0) is 11.3 Å². The first-order valence-corrected chi connectivity index (χ1v) is 8.12. The molecule has 0 saturated carbocycles. The van der Waals surface area contributed by atoms with Crippen LogP contribution in [0.2, 0.25) is 0 Å². The summed E-state index contributed by atoms with van der Waals surface area (Å²) in [6.07, 6.45) is 4.05. The number of nitrogens with zero attached hydrogens (tertiary/aromatic N) is 3. The van der Waals surface area contributed by atoms with Crippen LogP contribution in [0.1, 0.15) is 36.0 Å². The number of likely N-dealkylation sites (N-methyl/N-ethyl adjacent to an activating group) is 1. The van der Waals surface area contributed by atoms with Crippen LogP contribution in [0.25, 0.3) is 0 Å². The molecule has 1 amide bonds. The molecular formula is C17H24N4O2. The Kier molecular flexibility index (Phi) is 4.81. The fraction of sp³-hybridized carbons (Fsp3) is 0.529. The molecule has 6 nitrogen and oxygen atoms in total. The molecule has 2 aromatic heterocycles. The van der Waals surface area contributed by atoms with Gasteiger partial charge in [0.15, 0.2) is 0 Å². The molecule has 1 aliphatic rings. The Hall–Kier alpha value is -2.08. The second kappa shape index (κ2) is 7.00. The minimum absolute atomic E-state index is 0.129. The third-order valence-corrected chi connectivity index (χ3v) is 4.44. The van der Waals surface area contributed by atoms with Crippen molar-refractivity contribution in [3.05, 3.63) is 41.6 Å². The number of carbonyl (C=O) groups excluding carboxylic acids is 1. The van der Waals surface area contributed by atoms with Gasteiger partial charge in [-0.15, -0.1) is 0 Å². The van der Waals surface area contributed by atoms with Crippen LogP contribution in [0.5, 0.6) is 0 Å². The maximum absolute atomic E-state index is 12.4. The lowest BCUT2D eigenvalue weighted by atomic mass is 9.95. The zero-order valence-electron chi connectivity index (χ0n) is 13.8. The van der Waals surface area contributed by atoms with E-state index in [2.05, 4.69) is 15.1 Å². The molecule has 1 atom stereocenters. The van der Waals surface area contributed by atoms with E-state index in [4.69, 9.17) is 4.42 Å². The van der Waals surface area contributed by atoms with Gasteiger partial charge in [0.05, 0.1) is 13.1 Å². The molecule has 0 aromatic carbocycles. The monoisotopic (exact) mass is 316 g/mol. The first kappa shape index (κ1) is 15.8. The average molecular weight is 316 g/mol. The van der Waals surface area contributed by atoms with E-state index in [-0.39, 0.29) is 5.91 Å². The molecule has 3 rings (SSSR count). The number of carbonyl (C=O) groups is 1. The molecule has 2 aromatic rings. The molecule has 0 radical (unpaired) electrons. The molecule has 0 spiro atoms. The van der Waals surface area contributed by atoms with Crippen molar-refractivity contribution in [3.8, 4) is 0 Å². The minimum atomic E-state index is 0.129. The second-order valence-corrected chi connectivity index (χ2v) is 6.35. The van der Waals surface area contributed by atoms with Gasteiger partial charge in [-0.3, -0.25) is 14.8 Å². The quantitative estimate of drug-likeness (QED) is 0.918. The summed E-state index contributed by atoms with van der Waals surface area (Å²) in [4.78, 5) is 16.4. The normalized spacial score (nSPS) is 19.0. The van der Waals surface area contributed by atoms with Crippen molar-refractivity contribution in [1.82, 2.24) is 20.0 Å². The van der Waals surface area contributed by atoms with Gasteiger partial charge in [0.2, 0.25) is 5.91 Å². The number of H-pyrrole nitrogens is 1. The van der Waals surface area contributed by atoms with Crippen LogP contribution in [-0.4, -0.2) is 52.6 Å². The number of aromatic amines is 1. The van der Waals surface area contributed by atoms with Gasteiger partial charge in [0, 0.05) is 31.4 Å². The number of rotatable bonds is 5. The lowest BCUT2D eigenvalue weighted by Crippen LogP contribution is -2.42. The van der Waals surface area contributed by atoms with Gasteiger partial charge < -0.3 is 9.32 Å². The van der Waals surface area contributed by atoms with Crippen molar-refractivity contribution in [3.63, 3.8) is 0 Å². The summed E-state index contributed by atoms with van der Waals surface area (Å²) in [6.45, 7) is 4.77. The Morgan fingerprint density at radius 2 is 2.35 bits per heavy atom. The van der Waals surface area contributed by atoms with Crippen molar-refractivity contribution >= 4 is 5.91 Å². The molecule has 1 aliphatic heterocycles. The first-order chi connectivity index (χ1) is 11.1. The van der Waals surface area contributed by atoms with Gasteiger partial charge in [-0.05, 0) is 44.5 Å². The fourth-order valence-corrected chi connectivity index (χ4v) is 3.15. The van der Waals surface area contributed by atoms with Gasteiger partial charge in [-0.2, -0.15) is 5.10 Å². The molecule has 0 unspecified atom stereocenters. The van der Waals surface area contributed by atoms with E-state index in [0.717, 1.165) is 37.5 Å². The second-order valence-electron chi connectivity index (χ2n) is 6.35. The molecule has 1 N–H and O–H groups in total. The van der Waals surface area contributed by atoms with Crippen molar-refractivity contribution in [2.45, 2.75) is 32.2 Å². The van der Waals surface area contributed by atoms with E-state index in [9.17, 15) is 4.79 Å². The van der Waals surface area contributed by atoms with Crippen molar-refractivity contribution < 1.29 is 9.21 Å². The number of likely N-dealkylation sites (tertiary alicyclic amines) is 1. The summed E-state index contributed by atoms with van der Waals surface area (Å²) >= 11 is 0.